The first-order valence-corrected chi connectivity index (χ1v) is 7.79. The molecule has 1 unspecified atom stereocenters. The van der Waals surface area contributed by atoms with E-state index in [-0.39, 0.29) is 6.04 Å². The highest BCUT2D eigenvalue weighted by Crippen LogP contribution is 2.38. The van der Waals surface area contributed by atoms with E-state index < -0.39 is 0 Å². The van der Waals surface area contributed by atoms with Crippen LogP contribution in [-0.2, 0) is 4.74 Å². The summed E-state index contributed by atoms with van der Waals surface area (Å²) in [5.41, 5.74) is 8.85. The Morgan fingerprint density at radius 1 is 1.35 bits per heavy atom. The van der Waals surface area contributed by atoms with Crippen molar-refractivity contribution in [2.45, 2.75) is 45.2 Å². The Kier molecular flexibility index (Phi) is 5.44. The molecule has 3 nitrogen and oxygen atoms in total. The summed E-state index contributed by atoms with van der Waals surface area (Å²) in [6.45, 7) is 6.17. The SMILES string of the molecule is CC[C@H](N)c1ccccc1N(CCOC)C(C)C1CC1. The second kappa shape index (κ2) is 7.09. The van der Waals surface area contributed by atoms with Gasteiger partial charge < -0.3 is 15.4 Å². The molecule has 2 atom stereocenters. The third-order valence-corrected chi connectivity index (χ3v) is 4.42. The number of anilines is 1. The van der Waals surface area contributed by atoms with Crippen molar-refractivity contribution in [1.82, 2.24) is 0 Å². The van der Waals surface area contributed by atoms with Crippen LogP contribution in [0, 0.1) is 5.92 Å². The normalized spacial score (nSPS) is 17.8. The predicted octanol–water partition coefficient (Wildman–Crippen LogP) is 3.35. The van der Waals surface area contributed by atoms with Crippen LogP contribution in [-0.4, -0.2) is 26.3 Å². The van der Waals surface area contributed by atoms with Crippen LogP contribution in [0.2, 0.25) is 0 Å². The van der Waals surface area contributed by atoms with Gasteiger partial charge in [-0.05, 0) is 43.7 Å². The minimum atomic E-state index is 0.114. The average Bonchev–Trinajstić information content (AvgIpc) is 3.31. The highest BCUT2D eigenvalue weighted by atomic mass is 16.5. The van der Waals surface area contributed by atoms with Gasteiger partial charge >= 0.3 is 0 Å². The van der Waals surface area contributed by atoms with Crippen LogP contribution in [0.4, 0.5) is 5.69 Å². The lowest BCUT2D eigenvalue weighted by molar-refractivity contribution is 0.202. The number of rotatable bonds is 8. The summed E-state index contributed by atoms with van der Waals surface area (Å²) >= 11 is 0. The van der Waals surface area contributed by atoms with Gasteiger partial charge in [-0.1, -0.05) is 25.1 Å². The lowest BCUT2D eigenvalue weighted by atomic mass is 10.0. The van der Waals surface area contributed by atoms with Gasteiger partial charge in [-0.25, -0.2) is 0 Å². The maximum atomic E-state index is 6.30. The van der Waals surface area contributed by atoms with E-state index >= 15 is 0 Å². The molecule has 2 N–H and O–H groups in total. The van der Waals surface area contributed by atoms with Crippen molar-refractivity contribution in [2.75, 3.05) is 25.2 Å². The van der Waals surface area contributed by atoms with E-state index in [0.29, 0.717) is 6.04 Å². The van der Waals surface area contributed by atoms with E-state index in [1.54, 1.807) is 7.11 Å². The van der Waals surface area contributed by atoms with Crippen molar-refractivity contribution in [3.05, 3.63) is 29.8 Å². The Balaban J connectivity index is 2.26. The first kappa shape index (κ1) is 15.3. The highest BCUT2D eigenvalue weighted by molar-refractivity contribution is 5.56. The Morgan fingerprint density at radius 3 is 2.65 bits per heavy atom. The number of ether oxygens (including phenoxy) is 1. The van der Waals surface area contributed by atoms with Crippen molar-refractivity contribution in [3.8, 4) is 0 Å². The van der Waals surface area contributed by atoms with Crippen molar-refractivity contribution in [2.24, 2.45) is 11.7 Å². The molecule has 112 valence electrons. The van der Waals surface area contributed by atoms with E-state index in [2.05, 4.69) is 43.0 Å². The molecule has 1 aromatic rings. The van der Waals surface area contributed by atoms with Gasteiger partial charge in [0.05, 0.1) is 6.61 Å². The molecule has 0 radical (unpaired) electrons. The zero-order chi connectivity index (χ0) is 14.5. The zero-order valence-corrected chi connectivity index (χ0v) is 13.0. The van der Waals surface area contributed by atoms with Crippen LogP contribution < -0.4 is 10.6 Å². The van der Waals surface area contributed by atoms with Crippen LogP contribution in [0.1, 0.15) is 44.7 Å². The molecule has 20 heavy (non-hydrogen) atoms. The molecule has 0 aromatic heterocycles. The van der Waals surface area contributed by atoms with Gasteiger partial charge in [0.25, 0.3) is 0 Å². The second-order valence-corrected chi connectivity index (χ2v) is 5.84. The Bertz CT molecular complexity index is 417. The van der Waals surface area contributed by atoms with Crippen LogP contribution in [0.3, 0.4) is 0 Å². The standard InChI is InChI=1S/C17H28N2O/c1-4-16(18)15-7-5-6-8-17(15)19(11-12-20-3)13(2)14-9-10-14/h5-8,13-14,16H,4,9-12,18H2,1-3H3/t13?,16-/m0/s1. The largest absolute Gasteiger partial charge is 0.383 e. The molecule has 0 spiro atoms. The van der Waals surface area contributed by atoms with Gasteiger partial charge in [0.2, 0.25) is 0 Å². The molecule has 1 saturated carbocycles. The van der Waals surface area contributed by atoms with Crippen molar-refractivity contribution < 1.29 is 4.74 Å². The summed E-state index contributed by atoms with van der Waals surface area (Å²) in [4.78, 5) is 2.49. The van der Waals surface area contributed by atoms with Gasteiger partial charge in [-0.3, -0.25) is 0 Å². The van der Waals surface area contributed by atoms with E-state index in [0.717, 1.165) is 25.5 Å². The molecule has 0 bridgehead atoms. The topological polar surface area (TPSA) is 38.5 Å². The van der Waals surface area contributed by atoms with E-state index in [4.69, 9.17) is 10.5 Å². The van der Waals surface area contributed by atoms with Gasteiger partial charge in [0.15, 0.2) is 0 Å². The minimum Gasteiger partial charge on any atom is -0.383 e. The van der Waals surface area contributed by atoms with Gasteiger partial charge in [0.1, 0.15) is 0 Å². The second-order valence-electron chi connectivity index (χ2n) is 5.84. The molecule has 1 aliphatic carbocycles. The number of nitrogens with zero attached hydrogens (tertiary/aromatic N) is 1. The van der Waals surface area contributed by atoms with Gasteiger partial charge in [-0.15, -0.1) is 0 Å². The third-order valence-electron chi connectivity index (χ3n) is 4.42. The number of para-hydroxylation sites is 1. The van der Waals surface area contributed by atoms with Crippen LogP contribution in [0.25, 0.3) is 0 Å². The number of nitrogens with two attached hydrogens (primary N) is 1. The number of benzene rings is 1. The van der Waals surface area contributed by atoms with Crippen molar-refractivity contribution >= 4 is 5.69 Å². The molecule has 3 heteroatoms. The maximum Gasteiger partial charge on any atom is 0.0637 e. The molecule has 0 aliphatic heterocycles. The van der Waals surface area contributed by atoms with E-state index in [1.807, 2.05) is 0 Å². The summed E-state index contributed by atoms with van der Waals surface area (Å²) in [6, 6.07) is 9.26. The predicted molar refractivity (Wildman–Crippen MR) is 85.1 cm³/mol. The monoisotopic (exact) mass is 276 g/mol. The summed E-state index contributed by atoms with van der Waals surface area (Å²) in [5, 5.41) is 0. The highest BCUT2D eigenvalue weighted by Gasteiger charge is 2.33. The molecule has 1 aliphatic rings. The molecule has 1 aromatic carbocycles. The number of hydrogen-bond donors (Lipinski definition) is 1. The molecule has 1 fully saturated rings. The fourth-order valence-corrected chi connectivity index (χ4v) is 2.85. The molecule has 2 rings (SSSR count). The number of methoxy groups -OCH3 is 1. The molecule has 0 amide bonds. The first-order chi connectivity index (χ1) is 9.69. The summed E-state index contributed by atoms with van der Waals surface area (Å²) in [5.74, 6) is 0.831. The van der Waals surface area contributed by atoms with E-state index in [1.165, 1.54) is 24.1 Å². The maximum absolute atomic E-state index is 6.30. The quantitative estimate of drug-likeness (QED) is 0.791. The Hall–Kier alpha value is -1.06. The molecular weight excluding hydrogens is 248 g/mol. The van der Waals surface area contributed by atoms with Crippen LogP contribution in [0.15, 0.2) is 24.3 Å². The summed E-state index contributed by atoms with van der Waals surface area (Å²) in [7, 11) is 1.77. The van der Waals surface area contributed by atoms with Crippen LogP contribution in [0.5, 0.6) is 0 Å². The van der Waals surface area contributed by atoms with Gasteiger partial charge in [0, 0.05) is 31.4 Å². The lowest BCUT2D eigenvalue weighted by Gasteiger charge is -2.34. The van der Waals surface area contributed by atoms with Crippen molar-refractivity contribution in [3.63, 3.8) is 0 Å². The fourth-order valence-electron chi connectivity index (χ4n) is 2.85. The number of hydrogen-bond acceptors (Lipinski definition) is 3. The molecule has 0 heterocycles. The van der Waals surface area contributed by atoms with Gasteiger partial charge in [-0.2, -0.15) is 0 Å². The summed E-state index contributed by atoms with van der Waals surface area (Å²) in [6.07, 6.45) is 3.67. The minimum absolute atomic E-state index is 0.114. The lowest BCUT2D eigenvalue weighted by Crippen LogP contribution is -2.38. The van der Waals surface area contributed by atoms with E-state index in [9.17, 15) is 0 Å². The molecular formula is C17H28N2O. The first-order valence-electron chi connectivity index (χ1n) is 7.79. The smallest absolute Gasteiger partial charge is 0.0637 e. The fraction of sp³-hybridized carbons (Fsp3) is 0.647. The third kappa shape index (κ3) is 3.53. The zero-order valence-electron chi connectivity index (χ0n) is 13.0. The summed E-state index contributed by atoms with van der Waals surface area (Å²) < 4.78 is 5.30. The average molecular weight is 276 g/mol. The Labute approximate surface area is 123 Å². The van der Waals surface area contributed by atoms with Crippen molar-refractivity contribution in [1.29, 1.82) is 0 Å². The Morgan fingerprint density at radius 2 is 2.05 bits per heavy atom. The van der Waals surface area contributed by atoms with Crippen LogP contribution >= 0.6 is 0 Å². The molecule has 0 saturated heterocycles.